The van der Waals surface area contributed by atoms with Crippen molar-refractivity contribution in [1.82, 2.24) is 20.1 Å². The molecule has 4 aromatic rings. The van der Waals surface area contributed by atoms with Crippen molar-refractivity contribution < 1.29 is 17.7 Å². The zero-order valence-electron chi connectivity index (χ0n) is 13.3. The standard InChI is InChI=1S/C16H9F3N4O2S2/c17-16(18,19)9-3-1-2-8(6-9)13-21-11(25-23-13)7-27-15-20-10-4-5-26-12(10)14(24)22-15/h1-6H,7H2,(H,20,22,24). The Kier molecular flexibility index (Phi) is 4.48. The highest BCUT2D eigenvalue weighted by molar-refractivity contribution is 7.98. The van der Waals surface area contributed by atoms with E-state index in [0.717, 1.165) is 12.1 Å². The largest absolute Gasteiger partial charge is 0.416 e. The van der Waals surface area contributed by atoms with Crippen molar-refractivity contribution in [1.29, 1.82) is 0 Å². The van der Waals surface area contributed by atoms with Gasteiger partial charge in [0.2, 0.25) is 11.7 Å². The van der Waals surface area contributed by atoms with Gasteiger partial charge in [-0.2, -0.15) is 18.2 Å². The molecule has 0 saturated heterocycles. The molecule has 0 aliphatic carbocycles. The molecule has 0 spiro atoms. The summed E-state index contributed by atoms with van der Waals surface area (Å²) in [5.74, 6) is 0.483. The fourth-order valence-corrected chi connectivity index (χ4v) is 3.75. The van der Waals surface area contributed by atoms with Gasteiger partial charge in [0, 0.05) is 5.56 Å². The SMILES string of the molecule is O=c1[nH]c(SCc2nc(-c3cccc(C(F)(F)F)c3)no2)nc2ccsc12. The van der Waals surface area contributed by atoms with Crippen LogP contribution in [0.2, 0.25) is 0 Å². The van der Waals surface area contributed by atoms with Crippen molar-refractivity contribution in [2.75, 3.05) is 0 Å². The van der Waals surface area contributed by atoms with Crippen molar-refractivity contribution in [3.8, 4) is 11.4 Å². The topological polar surface area (TPSA) is 84.7 Å². The number of aromatic nitrogens is 4. The summed E-state index contributed by atoms with van der Waals surface area (Å²) in [6.45, 7) is 0. The van der Waals surface area contributed by atoms with Crippen molar-refractivity contribution in [3.63, 3.8) is 0 Å². The molecule has 138 valence electrons. The molecule has 0 radical (unpaired) electrons. The highest BCUT2D eigenvalue weighted by atomic mass is 32.2. The van der Waals surface area contributed by atoms with Crippen LogP contribution in [-0.4, -0.2) is 20.1 Å². The van der Waals surface area contributed by atoms with Crippen molar-refractivity contribution in [2.24, 2.45) is 0 Å². The van der Waals surface area contributed by atoms with E-state index >= 15 is 0 Å². The molecule has 0 unspecified atom stereocenters. The molecule has 1 N–H and O–H groups in total. The Morgan fingerprint density at radius 3 is 2.89 bits per heavy atom. The predicted molar refractivity (Wildman–Crippen MR) is 94.5 cm³/mol. The third-order valence-corrected chi connectivity index (χ3v) is 5.30. The Balaban J connectivity index is 1.52. The molecule has 0 atom stereocenters. The summed E-state index contributed by atoms with van der Waals surface area (Å²) in [6.07, 6.45) is -4.45. The van der Waals surface area contributed by atoms with E-state index in [-0.39, 0.29) is 28.6 Å². The number of halogens is 3. The van der Waals surface area contributed by atoms with Gasteiger partial charge in [0.1, 0.15) is 4.70 Å². The van der Waals surface area contributed by atoms with Gasteiger partial charge < -0.3 is 9.51 Å². The summed E-state index contributed by atoms with van der Waals surface area (Å²) >= 11 is 2.49. The van der Waals surface area contributed by atoms with Gasteiger partial charge in [-0.05, 0) is 23.6 Å². The van der Waals surface area contributed by atoms with Crippen LogP contribution in [0.3, 0.4) is 0 Å². The highest BCUT2D eigenvalue weighted by Crippen LogP contribution is 2.31. The van der Waals surface area contributed by atoms with Gasteiger partial charge in [-0.3, -0.25) is 4.79 Å². The number of aromatic amines is 1. The predicted octanol–water partition coefficient (Wildman–Crippen LogP) is 4.35. The number of hydrogen-bond acceptors (Lipinski definition) is 7. The summed E-state index contributed by atoms with van der Waals surface area (Å²) in [7, 11) is 0. The lowest BCUT2D eigenvalue weighted by Crippen LogP contribution is -2.07. The van der Waals surface area contributed by atoms with E-state index in [1.54, 1.807) is 11.4 Å². The number of nitrogens with zero attached hydrogens (tertiary/aromatic N) is 3. The number of alkyl halides is 3. The first-order chi connectivity index (χ1) is 12.9. The zero-order chi connectivity index (χ0) is 19.0. The van der Waals surface area contributed by atoms with Crippen molar-refractivity contribution >= 4 is 33.3 Å². The van der Waals surface area contributed by atoms with Crippen LogP contribution in [0.25, 0.3) is 21.6 Å². The van der Waals surface area contributed by atoms with E-state index in [0.29, 0.717) is 15.4 Å². The second-order valence-corrected chi connectivity index (χ2v) is 7.27. The third kappa shape index (κ3) is 3.74. The van der Waals surface area contributed by atoms with E-state index in [1.165, 1.54) is 35.2 Å². The fraction of sp³-hybridized carbons (Fsp3) is 0.125. The Hall–Kier alpha value is -2.66. The van der Waals surface area contributed by atoms with Gasteiger partial charge in [-0.15, -0.1) is 11.3 Å². The van der Waals surface area contributed by atoms with Gasteiger partial charge in [-0.1, -0.05) is 29.1 Å². The number of H-pyrrole nitrogens is 1. The van der Waals surface area contributed by atoms with E-state index in [9.17, 15) is 18.0 Å². The molecule has 3 heterocycles. The summed E-state index contributed by atoms with van der Waals surface area (Å²) in [5, 5.41) is 5.90. The van der Waals surface area contributed by atoms with Gasteiger partial charge >= 0.3 is 6.18 Å². The maximum Gasteiger partial charge on any atom is 0.416 e. The normalized spacial score (nSPS) is 12.0. The molecule has 0 fully saturated rings. The van der Waals surface area contributed by atoms with Gasteiger partial charge in [-0.25, -0.2) is 4.98 Å². The van der Waals surface area contributed by atoms with Gasteiger partial charge in [0.05, 0.1) is 16.8 Å². The molecule has 1 aromatic carbocycles. The van der Waals surface area contributed by atoms with Crippen LogP contribution in [0, 0.1) is 0 Å². The highest BCUT2D eigenvalue weighted by Gasteiger charge is 2.30. The first kappa shape index (κ1) is 17.7. The van der Waals surface area contributed by atoms with Crippen LogP contribution in [-0.2, 0) is 11.9 Å². The quantitative estimate of drug-likeness (QED) is 0.398. The van der Waals surface area contributed by atoms with Gasteiger partial charge in [0.15, 0.2) is 5.16 Å². The zero-order valence-corrected chi connectivity index (χ0v) is 14.9. The first-order valence-electron chi connectivity index (χ1n) is 7.51. The minimum atomic E-state index is -4.45. The molecule has 27 heavy (non-hydrogen) atoms. The average Bonchev–Trinajstić information content (AvgIpc) is 3.29. The molecule has 4 rings (SSSR count). The summed E-state index contributed by atoms with van der Waals surface area (Å²) < 4.78 is 44.1. The molecular formula is C16H9F3N4O2S2. The van der Waals surface area contributed by atoms with Crippen LogP contribution < -0.4 is 5.56 Å². The Morgan fingerprint density at radius 2 is 2.07 bits per heavy atom. The summed E-state index contributed by atoms with van der Waals surface area (Å²) in [6, 6.07) is 6.44. The lowest BCUT2D eigenvalue weighted by molar-refractivity contribution is -0.137. The molecule has 0 saturated carbocycles. The van der Waals surface area contributed by atoms with Crippen molar-refractivity contribution in [3.05, 3.63) is 57.5 Å². The fourth-order valence-electron chi connectivity index (χ4n) is 2.32. The minimum Gasteiger partial charge on any atom is -0.338 e. The third-order valence-electron chi connectivity index (χ3n) is 3.54. The average molecular weight is 410 g/mol. The Bertz CT molecular complexity index is 1170. The number of thiophene rings is 1. The van der Waals surface area contributed by atoms with E-state index in [1.807, 2.05) is 0 Å². The maximum atomic E-state index is 12.8. The minimum absolute atomic E-state index is 0.0615. The molecule has 0 aliphatic rings. The monoisotopic (exact) mass is 410 g/mol. The Morgan fingerprint density at radius 1 is 1.22 bits per heavy atom. The second-order valence-electron chi connectivity index (χ2n) is 5.39. The van der Waals surface area contributed by atoms with Gasteiger partial charge in [0.25, 0.3) is 5.56 Å². The first-order valence-corrected chi connectivity index (χ1v) is 9.37. The van der Waals surface area contributed by atoms with Crippen molar-refractivity contribution in [2.45, 2.75) is 17.1 Å². The van der Waals surface area contributed by atoms with Crippen LogP contribution >= 0.6 is 23.1 Å². The smallest absolute Gasteiger partial charge is 0.338 e. The molecule has 6 nitrogen and oxygen atoms in total. The number of rotatable bonds is 4. The lowest BCUT2D eigenvalue weighted by atomic mass is 10.1. The van der Waals surface area contributed by atoms with E-state index in [2.05, 4.69) is 20.1 Å². The molecule has 0 aliphatic heterocycles. The second kappa shape index (κ2) is 6.82. The number of benzene rings is 1. The maximum absolute atomic E-state index is 12.8. The van der Waals surface area contributed by atoms with E-state index in [4.69, 9.17) is 4.52 Å². The molecule has 0 bridgehead atoms. The number of thioether (sulfide) groups is 1. The van der Waals surface area contributed by atoms with Crippen LogP contribution in [0.1, 0.15) is 11.5 Å². The van der Waals surface area contributed by atoms with E-state index < -0.39 is 11.7 Å². The van der Waals surface area contributed by atoms with Crippen LogP contribution in [0.4, 0.5) is 13.2 Å². The summed E-state index contributed by atoms with van der Waals surface area (Å²) in [4.78, 5) is 23.0. The molecule has 3 aromatic heterocycles. The molecule has 0 amide bonds. The Labute approximate surface area is 157 Å². The number of nitrogens with one attached hydrogen (secondary N) is 1. The van der Waals surface area contributed by atoms with Crippen LogP contribution in [0.15, 0.2) is 50.2 Å². The molecule has 11 heteroatoms. The number of fused-ring (bicyclic) bond motifs is 1. The van der Waals surface area contributed by atoms with Crippen LogP contribution in [0.5, 0.6) is 0 Å². The lowest BCUT2D eigenvalue weighted by Gasteiger charge is -2.06. The number of hydrogen-bond donors (Lipinski definition) is 1. The summed E-state index contributed by atoms with van der Waals surface area (Å²) in [5.41, 5.74) is -0.211. The molecular weight excluding hydrogens is 401 g/mol.